The van der Waals surface area contributed by atoms with Gasteiger partial charge in [-0.15, -0.1) is 0 Å². The van der Waals surface area contributed by atoms with Crippen LogP contribution in [0.25, 0.3) is 0 Å². The van der Waals surface area contributed by atoms with Crippen LogP contribution in [0.2, 0.25) is 0 Å². The summed E-state index contributed by atoms with van der Waals surface area (Å²) < 4.78 is 32.7. The topological polar surface area (TPSA) is 89.4 Å². The van der Waals surface area contributed by atoms with Crippen molar-refractivity contribution in [1.82, 2.24) is 0 Å². The number of hydrogen-bond donors (Lipinski definition) is 1. The van der Waals surface area contributed by atoms with E-state index >= 15 is 0 Å². The summed E-state index contributed by atoms with van der Waals surface area (Å²) >= 11 is 0. The summed E-state index contributed by atoms with van der Waals surface area (Å²) in [5.74, 6) is 0. The van der Waals surface area contributed by atoms with Gasteiger partial charge < -0.3 is 1.43 Å². The summed E-state index contributed by atoms with van der Waals surface area (Å²) in [6.07, 6.45) is 0. The molecular formula is H2ClKO4WZr. The first-order valence-corrected chi connectivity index (χ1v) is 1.90. The summed E-state index contributed by atoms with van der Waals surface area (Å²) in [6, 6.07) is 0. The molecule has 0 aromatic rings. The maximum Gasteiger partial charge on any atom is 1.00 e. The molecule has 0 rings (SSSR count). The molecule has 0 amide bonds. The summed E-state index contributed by atoms with van der Waals surface area (Å²) in [5.41, 5.74) is 0. The smallest absolute Gasteiger partial charge is 1.00 e. The molecule has 8 heavy (non-hydrogen) atoms. The first-order chi connectivity index (χ1) is 2.00. The van der Waals surface area contributed by atoms with Crippen molar-refractivity contribution in [3.8, 4) is 0 Å². The predicted octanol–water partition coefficient (Wildman–Crippen LogP) is -7.01. The largest absolute Gasteiger partial charge is 1.00 e. The Morgan fingerprint density at radius 2 is 1.25 bits per heavy atom. The second kappa shape index (κ2) is 10.3. The average Bonchev–Trinajstić information content (AvgIpc) is 0.722. The van der Waals surface area contributed by atoms with Crippen LogP contribution in [0.3, 0.4) is 0 Å². The van der Waals surface area contributed by atoms with Gasteiger partial charge in [0, 0.05) is 47.3 Å². The molecule has 1 N–H and O–H groups in total. The SMILES string of the molecule is [H-].[K+].[O-][Cl+3]([O-])([O-])O.[W].[Zr]. The molecule has 0 aromatic carbocycles. The van der Waals surface area contributed by atoms with Gasteiger partial charge in [-0.3, -0.25) is 0 Å². The third-order valence-corrected chi connectivity index (χ3v) is 0. The standard InChI is InChI=1S/ClHO4.K.W.Zr.H/c2-1(3,4)5;;;;/h(H,2,3,4,5);;;;/q;+1;;;-1. The first kappa shape index (κ1) is 22.5. The second-order valence-electron chi connectivity index (χ2n) is 0.396. The van der Waals surface area contributed by atoms with Crippen molar-refractivity contribution < 1.29 is 129 Å². The van der Waals surface area contributed by atoms with E-state index in [1.165, 1.54) is 0 Å². The van der Waals surface area contributed by atoms with Gasteiger partial charge in [0.05, 0.1) is 14.9 Å². The molecule has 0 aromatic heterocycles. The van der Waals surface area contributed by atoms with E-state index in [2.05, 4.69) is 0 Å². The van der Waals surface area contributed by atoms with Crippen molar-refractivity contribution in [1.29, 1.82) is 0 Å². The van der Waals surface area contributed by atoms with Crippen LogP contribution in [0.4, 0.5) is 0 Å². The molecule has 0 aliphatic carbocycles. The molecule has 8 heteroatoms. The number of hydrogen-bond acceptors (Lipinski definition) is 4. The Morgan fingerprint density at radius 3 is 1.25 bits per heavy atom. The Hall–Kier alpha value is 3.34. The van der Waals surface area contributed by atoms with E-state index in [-0.39, 0.29) is 100 Å². The molecule has 0 atom stereocenters. The maximum absolute atomic E-state index is 8.60. The molecule has 4 nitrogen and oxygen atoms in total. The van der Waals surface area contributed by atoms with Crippen LogP contribution in [0.5, 0.6) is 0 Å². The van der Waals surface area contributed by atoms with E-state index in [0.29, 0.717) is 0 Å². The van der Waals surface area contributed by atoms with Crippen LogP contribution in [-0.4, -0.2) is 4.66 Å². The van der Waals surface area contributed by atoms with Crippen molar-refractivity contribution >= 4 is 0 Å². The van der Waals surface area contributed by atoms with Crippen LogP contribution < -0.4 is 65.4 Å². The molecule has 0 radical (unpaired) electrons. The minimum Gasteiger partial charge on any atom is -1.00 e. The molecule has 0 saturated heterocycles. The fourth-order valence-electron chi connectivity index (χ4n) is 0. The third kappa shape index (κ3) is 58.3. The Balaban J connectivity index is -0.0000000133. The van der Waals surface area contributed by atoms with Gasteiger partial charge in [-0.05, 0) is 0 Å². The van der Waals surface area contributed by atoms with Gasteiger partial charge in [0.25, 0.3) is 0 Å². The van der Waals surface area contributed by atoms with Gasteiger partial charge in [0.15, 0.2) is 0 Å². The zero-order valence-electron chi connectivity index (χ0n) is 4.96. The molecule has 0 fully saturated rings. The van der Waals surface area contributed by atoms with E-state index in [9.17, 15) is 0 Å². The van der Waals surface area contributed by atoms with Crippen molar-refractivity contribution in [3.63, 3.8) is 0 Å². The van der Waals surface area contributed by atoms with E-state index in [4.69, 9.17) is 18.6 Å². The molecule has 0 aliphatic rings. The van der Waals surface area contributed by atoms with Gasteiger partial charge in [0.1, 0.15) is 0 Å². The fourth-order valence-corrected chi connectivity index (χ4v) is 0. The van der Waals surface area contributed by atoms with Crippen LogP contribution in [0, 0.1) is 10.2 Å². The summed E-state index contributed by atoms with van der Waals surface area (Å²) in [4.78, 5) is 0. The van der Waals surface area contributed by atoms with Crippen molar-refractivity contribution in [2.45, 2.75) is 0 Å². The first-order valence-electron chi connectivity index (χ1n) is 0.632. The normalized spacial score (nSPS) is 7.50. The Morgan fingerprint density at radius 1 is 1.25 bits per heavy atom. The number of rotatable bonds is 0. The molecule has 0 aliphatic heterocycles. The van der Waals surface area contributed by atoms with Crippen LogP contribution in [0.15, 0.2) is 0 Å². The molecule has 0 saturated carbocycles. The molecular weight excluding hydrogens is 414 g/mol. The predicted molar refractivity (Wildman–Crippen MR) is 3.33 cm³/mol. The monoisotopic (exact) mass is 414 g/mol. The zero-order valence-corrected chi connectivity index (χ0v) is 13.2. The summed E-state index contributed by atoms with van der Waals surface area (Å²) in [5, 5.41) is 0. The zero-order chi connectivity index (χ0) is 4.50. The Bertz CT molecular complexity index is 36.0. The van der Waals surface area contributed by atoms with Crippen LogP contribution in [0.1, 0.15) is 1.43 Å². The summed E-state index contributed by atoms with van der Waals surface area (Å²) in [6.45, 7) is 0. The Labute approximate surface area is 126 Å². The van der Waals surface area contributed by atoms with Crippen molar-refractivity contribution in [3.05, 3.63) is 0 Å². The fraction of sp³-hybridized carbons (Fsp3) is 0. The maximum atomic E-state index is 8.60. The second-order valence-corrected chi connectivity index (χ2v) is 1.19. The van der Waals surface area contributed by atoms with Crippen LogP contribution in [-0.2, 0) is 47.3 Å². The van der Waals surface area contributed by atoms with E-state index in [0.717, 1.165) is 0 Å². The molecule has 0 bridgehead atoms. The van der Waals surface area contributed by atoms with Crippen LogP contribution >= 0.6 is 0 Å². The van der Waals surface area contributed by atoms with Gasteiger partial charge in [-0.25, -0.2) is 0 Å². The van der Waals surface area contributed by atoms with Crippen molar-refractivity contribution in [2.75, 3.05) is 0 Å². The molecule has 0 heterocycles. The van der Waals surface area contributed by atoms with Gasteiger partial charge in [-0.2, -0.15) is 14.0 Å². The van der Waals surface area contributed by atoms with Gasteiger partial charge in [-0.1, -0.05) is 0 Å². The van der Waals surface area contributed by atoms with Crippen molar-refractivity contribution in [2.24, 2.45) is 0 Å². The van der Waals surface area contributed by atoms with E-state index in [1.54, 1.807) is 0 Å². The quantitative estimate of drug-likeness (QED) is 0.398. The molecule has 0 unspecified atom stereocenters. The molecule has 0 spiro atoms. The average molecular weight is 416 g/mol. The van der Waals surface area contributed by atoms with Gasteiger partial charge in [0.2, 0.25) is 0 Å². The number of halogens is 1. The van der Waals surface area contributed by atoms with E-state index in [1.807, 2.05) is 0 Å². The van der Waals surface area contributed by atoms with E-state index < -0.39 is 10.2 Å². The van der Waals surface area contributed by atoms with Gasteiger partial charge >= 0.3 is 51.4 Å². The minimum atomic E-state index is -4.69. The third-order valence-electron chi connectivity index (χ3n) is 0. The Kier molecular flexibility index (Phi) is 29.1. The minimum absolute atomic E-state index is 0. The molecule has 44 valence electrons. The summed E-state index contributed by atoms with van der Waals surface area (Å²) in [7, 11) is -4.69.